The van der Waals surface area contributed by atoms with E-state index < -0.39 is 39.7 Å². The van der Waals surface area contributed by atoms with E-state index in [9.17, 15) is 32.8 Å². The molecule has 1 aromatic heterocycles. The first-order chi connectivity index (χ1) is 12.2. The lowest BCUT2D eigenvalue weighted by Gasteiger charge is -2.06. The second kappa shape index (κ2) is 6.10. The predicted molar refractivity (Wildman–Crippen MR) is 82.2 cm³/mol. The fourth-order valence-electron chi connectivity index (χ4n) is 2.27. The Kier molecular flexibility index (Phi) is 4.06. The number of hydrogen-bond acceptors (Lipinski definition) is 5. The summed E-state index contributed by atoms with van der Waals surface area (Å²) in [5.41, 5.74) is -2.43. The van der Waals surface area contributed by atoms with Crippen LogP contribution >= 0.6 is 0 Å². The zero-order chi connectivity index (χ0) is 19.1. The minimum atomic E-state index is -4.76. The zero-order valence-electron chi connectivity index (χ0n) is 12.6. The molecule has 11 heteroatoms. The van der Waals surface area contributed by atoms with Gasteiger partial charge in [0.1, 0.15) is 5.82 Å². The molecule has 0 bridgehead atoms. The summed E-state index contributed by atoms with van der Waals surface area (Å²) in [6.07, 6.45) is -4.76. The maximum absolute atomic E-state index is 13.4. The van der Waals surface area contributed by atoms with Gasteiger partial charge in [-0.15, -0.1) is 10.2 Å². The van der Waals surface area contributed by atoms with Gasteiger partial charge in [-0.3, -0.25) is 10.1 Å². The summed E-state index contributed by atoms with van der Waals surface area (Å²) in [5, 5.41) is 28.2. The molecule has 3 aromatic rings. The highest BCUT2D eigenvalue weighted by molar-refractivity contribution is 5.94. The number of H-pyrrole nitrogens is 1. The summed E-state index contributed by atoms with van der Waals surface area (Å²) in [6.45, 7) is 0. The van der Waals surface area contributed by atoms with E-state index in [0.717, 1.165) is 18.2 Å². The zero-order valence-corrected chi connectivity index (χ0v) is 12.6. The number of alkyl halides is 3. The molecule has 0 unspecified atom stereocenters. The highest BCUT2D eigenvalue weighted by atomic mass is 19.4. The highest BCUT2D eigenvalue weighted by Gasteiger charge is 2.33. The van der Waals surface area contributed by atoms with Crippen LogP contribution in [0.15, 0.2) is 46.6 Å². The largest absolute Gasteiger partial charge is 0.493 e. The van der Waals surface area contributed by atoms with Crippen molar-refractivity contribution in [2.45, 2.75) is 6.18 Å². The van der Waals surface area contributed by atoms with Crippen LogP contribution in [0.25, 0.3) is 10.9 Å². The number of rotatable bonds is 3. The smallest absolute Gasteiger partial charge is 0.416 e. The summed E-state index contributed by atoms with van der Waals surface area (Å²) in [7, 11) is 0. The lowest BCUT2D eigenvalue weighted by Crippen LogP contribution is -2.05. The SMILES string of the molecule is O=[N+]([O-])c1cc(C(F)(F)F)ccc1N=Nc1c(O)[nH]c2ccc(F)cc12. The summed E-state index contributed by atoms with van der Waals surface area (Å²) in [5.74, 6) is -1.09. The number of nitro groups is 1. The molecular formula is C15H8F4N4O3. The predicted octanol–water partition coefficient (Wildman–Crippen LogP) is 5.36. The van der Waals surface area contributed by atoms with Crippen LogP contribution in [0, 0.1) is 15.9 Å². The van der Waals surface area contributed by atoms with E-state index in [-0.39, 0.29) is 11.1 Å². The molecule has 2 aromatic carbocycles. The lowest BCUT2D eigenvalue weighted by molar-refractivity contribution is -0.384. The van der Waals surface area contributed by atoms with Gasteiger partial charge in [0.25, 0.3) is 5.69 Å². The molecule has 7 nitrogen and oxygen atoms in total. The van der Waals surface area contributed by atoms with Crippen molar-refractivity contribution in [2.75, 3.05) is 0 Å². The van der Waals surface area contributed by atoms with Crippen molar-refractivity contribution in [2.24, 2.45) is 10.2 Å². The number of nitrogens with zero attached hydrogens (tertiary/aromatic N) is 3. The van der Waals surface area contributed by atoms with E-state index in [0.29, 0.717) is 17.6 Å². The molecule has 0 saturated heterocycles. The van der Waals surface area contributed by atoms with E-state index in [2.05, 4.69) is 15.2 Å². The van der Waals surface area contributed by atoms with Gasteiger partial charge in [-0.1, -0.05) is 0 Å². The van der Waals surface area contributed by atoms with Gasteiger partial charge >= 0.3 is 6.18 Å². The molecule has 3 rings (SSSR count). The highest BCUT2D eigenvalue weighted by Crippen LogP contribution is 2.39. The quantitative estimate of drug-likeness (QED) is 0.282. The van der Waals surface area contributed by atoms with Gasteiger partial charge in [0.05, 0.1) is 16.0 Å². The Hall–Kier alpha value is -3.50. The van der Waals surface area contributed by atoms with Crippen LogP contribution in [0.3, 0.4) is 0 Å². The standard InChI is InChI=1S/C15H8F4N4O3/c16-8-2-4-10-9(6-8)13(14(24)20-10)22-21-11-3-1-7(15(17,18)19)5-12(11)23(25)26/h1-6,20,24H. The van der Waals surface area contributed by atoms with Crippen LogP contribution in [-0.2, 0) is 6.18 Å². The van der Waals surface area contributed by atoms with Crippen molar-refractivity contribution in [1.82, 2.24) is 4.98 Å². The Morgan fingerprint density at radius 3 is 2.50 bits per heavy atom. The summed E-state index contributed by atoms with van der Waals surface area (Å²) in [6, 6.07) is 5.28. The van der Waals surface area contributed by atoms with Crippen LogP contribution in [0.2, 0.25) is 0 Å². The molecule has 0 aliphatic heterocycles. The number of fused-ring (bicyclic) bond motifs is 1. The van der Waals surface area contributed by atoms with E-state index >= 15 is 0 Å². The summed E-state index contributed by atoms with van der Waals surface area (Å²) < 4.78 is 51.4. The number of benzene rings is 2. The molecule has 0 atom stereocenters. The van der Waals surface area contributed by atoms with Crippen LogP contribution in [0.4, 0.5) is 34.6 Å². The van der Waals surface area contributed by atoms with E-state index in [4.69, 9.17) is 0 Å². The van der Waals surface area contributed by atoms with Gasteiger partial charge in [-0.05, 0) is 30.3 Å². The first kappa shape index (κ1) is 17.3. The van der Waals surface area contributed by atoms with Crippen LogP contribution in [0.1, 0.15) is 5.56 Å². The number of aromatic amines is 1. The van der Waals surface area contributed by atoms with Gasteiger partial charge in [0, 0.05) is 11.5 Å². The molecular weight excluding hydrogens is 360 g/mol. The Bertz CT molecular complexity index is 1040. The maximum Gasteiger partial charge on any atom is 0.416 e. The van der Waals surface area contributed by atoms with Crippen LogP contribution in [0.5, 0.6) is 5.88 Å². The fourth-order valence-corrected chi connectivity index (χ4v) is 2.27. The van der Waals surface area contributed by atoms with Crippen molar-refractivity contribution in [3.63, 3.8) is 0 Å². The van der Waals surface area contributed by atoms with Gasteiger partial charge in [-0.2, -0.15) is 13.2 Å². The van der Waals surface area contributed by atoms with Crippen molar-refractivity contribution >= 4 is 28.0 Å². The Morgan fingerprint density at radius 2 is 1.85 bits per heavy atom. The first-order valence-electron chi connectivity index (χ1n) is 6.94. The number of hydrogen-bond donors (Lipinski definition) is 2. The number of aromatic hydroxyl groups is 1. The Morgan fingerprint density at radius 1 is 1.12 bits per heavy atom. The van der Waals surface area contributed by atoms with E-state index in [1.54, 1.807) is 0 Å². The molecule has 1 heterocycles. The molecule has 26 heavy (non-hydrogen) atoms. The molecule has 0 aliphatic rings. The fraction of sp³-hybridized carbons (Fsp3) is 0.0667. The van der Waals surface area contributed by atoms with Crippen molar-refractivity contribution in [3.8, 4) is 5.88 Å². The minimum absolute atomic E-state index is 0.154. The number of nitrogens with one attached hydrogen (secondary N) is 1. The molecule has 0 radical (unpaired) electrons. The van der Waals surface area contributed by atoms with Gasteiger partial charge in [0.2, 0.25) is 5.88 Å². The number of azo groups is 1. The first-order valence-corrected chi connectivity index (χ1v) is 6.94. The number of halogens is 4. The molecule has 0 saturated carbocycles. The van der Waals surface area contributed by atoms with Crippen LogP contribution < -0.4 is 0 Å². The molecule has 0 spiro atoms. The van der Waals surface area contributed by atoms with Gasteiger partial charge in [0.15, 0.2) is 11.4 Å². The van der Waals surface area contributed by atoms with Gasteiger partial charge in [-0.25, -0.2) is 4.39 Å². The van der Waals surface area contributed by atoms with Crippen LogP contribution in [-0.4, -0.2) is 15.0 Å². The molecule has 0 aliphatic carbocycles. The molecule has 134 valence electrons. The van der Waals surface area contributed by atoms with Crippen molar-refractivity contribution in [1.29, 1.82) is 0 Å². The Labute approximate surface area is 141 Å². The van der Waals surface area contributed by atoms with E-state index in [1.807, 2.05) is 0 Å². The topological polar surface area (TPSA) is 104 Å². The molecule has 0 amide bonds. The average molecular weight is 368 g/mol. The van der Waals surface area contributed by atoms with Crippen molar-refractivity contribution in [3.05, 3.63) is 57.9 Å². The second-order valence-corrected chi connectivity index (χ2v) is 5.17. The van der Waals surface area contributed by atoms with Gasteiger partial charge < -0.3 is 10.1 Å². The molecule has 2 N–H and O–H groups in total. The monoisotopic (exact) mass is 368 g/mol. The third kappa shape index (κ3) is 3.18. The van der Waals surface area contributed by atoms with E-state index in [1.165, 1.54) is 6.07 Å². The summed E-state index contributed by atoms with van der Waals surface area (Å²) in [4.78, 5) is 12.5. The third-order valence-electron chi connectivity index (χ3n) is 3.47. The minimum Gasteiger partial charge on any atom is -0.493 e. The second-order valence-electron chi connectivity index (χ2n) is 5.17. The summed E-state index contributed by atoms with van der Waals surface area (Å²) >= 11 is 0. The lowest BCUT2D eigenvalue weighted by atomic mass is 10.1. The molecule has 0 fully saturated rings. The maximum atomic E-state index is 13.4. The third-order valence-corrected chi connectivity index (χ3v) is 3.47. The normalized spacial score (nSPS) is 12.2. The average Bonchev–Trinajstić information content (AvgIpc) is 2.86. The number of aromatic nitrogens is 1. The van der Waals surface area contributed by atoms with Crippen molar-refractivity contribution < 1.29 is 27.6 Å². The number of nitro benzene ring substituents is 1. The Balaban J connectivity index is 2.08.